The van der Waals surface area contributed by atoms with Crippen LogP contribution in [0.4, 0.5) is 10.3 Å². The van der Waals surface area contributed by atoms with Crippen molar-refractivity contribution in [2.75, 3.05) is 5.73 Å². The number of aromatic nitrogens is 1. The van der Waals surface area contributed by atoms with Crippen LogP contribution in [0, 0.1) is 9.39 Å². The number of benzene rings is 2. The van der Waals surface area contributed by atoms with Crippen molar-refractivity contribution in [2.24, 2.45) is 0 Å². The summed E-state index contributed by atoms with van der Waals surface area (Å²) in [4.78, 5) is 0. The zero-order valence-electron chi connectivity index (χ0n) is 10.3. The van der Waals surface area contributed by atoms with Crippen LogP contribution in [-0.4, -0.2) is 5.16 Å². The van der Waals surface area contributed by atoms with E-state index in [2.05, 4.69) is 27.7 Å². The molecule has 3 aromatic rings. The Balaban J connectivity index is 2.26. The Labute approximate surface area is 128 Å². The van der Waals surface area contributed by atoms with Crippen molar-refractivity contribution in [3.05, 3.63) is 57.9 Å². The monoisotopic (exact) mass is 380 g/mol. The van der Waals surface area contributed by atoms with Gasteiger partial charge in [-0.3, -0.25) is 0 Å². The third-order valence-corrected chi connectivity index (χ3v) is 3.93. The summed E-state index contributed by atoms with van der Waals surface area (Å²) in [6.45, 7) is 0. The minimum Gasteiger partial charge on any atom is -0.367 e. The Morgan fingerprint density at radius 1 is 1.00 bits per heavy atom. The van der Waals surface area contributed by atoms with E-state index in [1.54, 1.807) is 18.2 Å². The van der Waals surface area contributed by atoms with Crippen LogP contribution in [0.5, 0.6) is 0 Å². The molecule has 1 aromatic heterocycles. The summed E-state index contributed by atoms with van der Waals surface area (Å²) in [5, 5.41) is 3.99. The fourth-order valence-electron chi connectivity index (χ4n) is 2.06. The van der Waals surface area contributed by atoms with Gasteiger partial charge in [0, 0.05) is 14.7 Å². The molecule has 3 nitrogen and oxygen atoms in total. The van der Waals surface area contributed by atoms with Gasteiger partial charge >= 0.3 is 0 Å². The average Bonchev–Trinajstić information content (AvgIpc) is 2.82. The number of nitrogen functional groups attached to an aromatic ring is 1. The minimum atomic E-state index is -0.352. The summed E-state index contributed by atoms with van der Waals surface area (Å²) in [5.41, 5.74) is 8.13. The average molecular weight is 380 g/mol. The van der Waals surface area contributed by atoms with Crippen LogP contribution in [0.3, 0.4) is 0 Å². The van der Waals surface area contributed by atoms with E-state index in [9.17, 15) is 4.39 Å². The van der Waals surface area contributed by atoms with Gasteiger partial charge in [-0.15, -0.1) is 0 Å². The van der Waals surface area contributed by atoms with E-state index in [1.807, 2.05) is 24.3 Å². The van der Waals surface area contributed by atoms with E-state index in [4.69, 9.17) is 10.3 Å². The lowest BCUT2D eigenvalue weighted by Gasteiger charge is -2.05. The van der Waals surface area contributed by atoms with Gasteiger partial charge in [0.05, 0.1) is 5.56 Å². The molecule has 0 aliphatic rings. The van der Waals surface area contributed by atoms with E-state index in [1.165, 1.54) is 6.07 Å². The summed E-state index contributed by atoms with van der Waals surface area (Å²) in [7, 11) is 0. The van der Waals surface area contributed by atoms with Crippen molar-refractivity contribution in [3.8, 4) is 22.4 Å². The molecular formula is C15H10FIN2O. The molecule has 0 amide bonds. The second kappa shape index (κ2) is 5.24. The van der Waals surface area contributed by atoms with Gasteiger partial charge in [-0.2, -0.15) is 0 Å². The van der Waals surface area contributed by atoms with Gasteiger partial charge in [0.25, 0.3) is 0 Å². The first-order chi connectivity index (χ1) is 9.68. The highest BCUT2D eigenvalue weighted by Crippen LogP contribution is 2.38. The highest BCUT2D eigenvalue weighted by molar-refractivity contribution is 14.1. The Morgan fingerprint density at radius 2 is 1.65 bits per heavy atom. The Bertz CT molecular complexity index is 770. The largest absolute Gasteiger partial charge is 0.367 e. The molecule has 2 aromatic carbocycles. The number of anilines is 1. The van der Waals surface area contributed by atoms with Crippen LogP contribution in [0.25, 0.3) is 22.4 Å². The lowest BCUT2D eigenvalue weighted by molar-refractivity contribution is 0.439. The fraction of sp³-hybridized carbons (Fsp3) is 0. The molecule has 100 valence electrons. The summed E-state index contributed by atoms with van der Waals surface area (Å²) in [5.74, 6) is -0.237. The molecule has 0 saturated heterocycles. The van der Waals surface area contributed by atoms with Crippen molar-refractivity contribution >= 4 is 28.5 Å². The third-order valence-electron chi connectivity index (χ3n) is 2.99. The van der Waals surface area contributed by atoms with Gasteiger partial charge in [0.15, 0.2) is 0 Å². The maximum absolute atomic E-state index is 14.0. The van der Waals surface area contributed by atoms with E-state index in [-0.39, 0.29) is 11.7 Å². The SMILES string of the molecule is Nc1onc(-c2ccccc2I)c1-c1ccccc1F. The summed E-state index contributed by atoms with van der Waals surface area (Å²) in [6.07, 6.45) is 0. The van der Waals surface area contributed by atoms with Gasteiger partial charge < -0.3 is 10.3 Å². The maximum Gasteiger partial charge on any atom is 0.230 e. The number of nitrogens with two attached hydrogens (primary N) is 1. The minimum absolute atomic E-state index is 0.116. The maximum atomic E-state index is 14.0. The second-order valence-electron chi connectivity index (χ2n) is 4.23. The van der Waals surface area contributed by atoms with Crippen LogP contribution < -0.4 is 5.73 Å². The summed E-state index contributed by atoms with van der Waals surface area (Å²) >= 11 is 2.20. The van der Waals surface area contributed by atoms with Crippen LogP contribution in [0.1, 0.15) is 0 Å². The van der Waals surface area contributed by atoms with E-state index < -0.39 is 0 Å². The quantitative estimate of drug-likeness (QED) is 0.674. The number of halogens is 2. The van der Waals surface area contributed by atoms with Crippen molar-refractivity contribution in [1.29, 1.82) is 0 Å². The van der Waals surface area contributed by atoms with Crippen molar-refractivity contribution in [1.82, 2.24) is 5.16 Å². The normalized spacial score (nSPS) is 10.7. The number of nitrogens with zero attached hydrogens (tertiary/aromatic N) is 1. The topological polar surface area (TPSA) is 52.0 Å². The summed E-state index contributed by atoms with van der Waals surface area (Å²) in [6, 6.07) is 14.1. The van der Waals surface area contributed by atoms with E-state index in [0.29, 0.717) is 16.8 Å². The van der Waals surface area contributed by atoms with E-state index >= 15 is 0 Å². The molecule has 2 N–H and O–H groups in total. The molecule has 20 heavy (non-hydrogen) atoms. The fourth-order valence-corrected chi connectivity index (χ4v) is 2.71. The first kappa shape index (κ1) is 13.1. The molecule has 0 unspecified atom stereocenters. The van der Waals surface area contributed by atoms with Gasteiger partial charge in [-0.05, 0) is 34.7 Å². The molecule has 0 bridgehead atoms. The summed E-state index contributed by atoms with van der Waals surface area (Å²) < 4.78 is 20.1. The molecule has 0 fully saturated rings. The predicted molar refractivity (Wildman–Crippen MR) is 84.5 cm³/mol. The smallest absolute Gasteiger partial charge is 0.230 e. The van der Waals surface area contributed by atoms with Gasteiger partial charge in [-0.25, -0.2) is 4.39 Å². The first-order valence-electron chi connectivity index (χ1n) is 5.93. The standard InChI is InChI=1S/C15H10FIN2O/c16-11-7-3-1-5-9(11)13-14(19-20-15(13)18)10-6-2-4-8-12(10)17/h1-8H,18H2. The van der Waals surface area contributed by atoms with Crippen LogP contribution in [0.2, 0.25) is 0 Å². The molecule has 0 aliphatic carbocycles. The molecule has 0 spiro atoms. The Hall–Kier alpha value is -1.89. The molecular weight excluding hydrogens is 370 g/mol. The lowest BCUT2D eigenvalue weighted by Crippen LogP contribution is -1.91. The molecule has 0 atom stereocenters. The van der Waals surface area contributed by atoms with Crippen LogP contribution >= 0.6 is 22.6 Å². The molecule has 0 saturated carbocycles. The lowest BCUT2D eigenvalue weighted by atomic mass is 10.0. The molecule has 0 radical (unpaired) electrons. The third kappa shape index (κ3) is 2.18. The zero-order valence-corrected chi connectivity index (χ0v) is 12.5. The second-order valence-corrected chi connectivity index (χ2v) is 5.39. The van der Waals surface area contributed by atoms with Crippen molar-refractivity contribution in [2.45, 2.75) is 0 Å². The molecule has 0 aliphatic heterocycles. The highest BCUT2D eigenvalue weighted by atomic mass is 127. The highest BCUT2D eigenvalue weighted by Gasteiger charge is 2.21. The van der Waals surface area contributed by atoms with Crippen molar-refractivity contribution in [3.63, 3.8) is 0 Å². The van der Waals surface area contributed by atoms with E-state index in [0.717, 1.165) is 9.13 Å². The Morgan fingerprint density at radius 3 is 2.35 bits per heavy atom. The van der Waals surface area contributed by atoms with Crippen LogP contribution in [0.15, 0.2) is 53.1 Å². The number of rotatable bonds is 2. The van der Waals surface area contributed by atoms with Gasteiger partial charge in [0.2, 0.25) is 5.88 Å². The van der Waals surface area contributed by atoms with Gasteiger partial charge in [0.1, 0.15) is 11.5 Å². The van der Waals surface area contributed by atoms with Crippen molar-refractivity contribution < 1.29 is 8.91 Å². The Kier molecular flexibility index (Phi) is 3.43. The molecule has 5 heteroatoms. The van der Waals surface area contributed by atoms with Crippen LogP contribution in [-0.2, 0) is 0 Å². The molecule has 1 heterocycles. The predicted octanol–water partition coefficient (Wildman–Crippen LogP) is 4.33. The number of hydrogen-bond donors (Lipinski definition) is 1. The molecule has 3 rings (SSSR count). The first-order valence-corrected chi connectivity index (χ1v) is 7.01. The zero-order chi connectivity index (χ0) is 14.1. The van der Waals surface area contributed by atoms with Gasteiger partial charge in [-0.1, -0.05) is 41.6 Å². The number of hydrogen-bond acceptors (Lipinski definition) is 3.